The van der Waals surface area contributed by atoms with Crippen LogP contribution in [0, 0.1) is 17.0 Å². The molecular weight excluding hydrogens is 252 g/mol. The zero-order chi connectivity index (χ0) is 14.5. The van der Waals surface area contributed by atoms with Gasteiger partial charge in [-0.3, -0.25) is 10.1 Å². The van der Waals surface area contributed by atoms with Crippen molar-refractivity contribution in [3.63, 3.8) is 0 Å². The van der Waals surface area contributed by atoms with E-state index in [2.05, 4.69) is 12.2 Å². The molecule has 2 aromatic carbocycles. The molecule has 1 atom stereocenters. The van der Waals surface area contributed by atoms with E-state index in [0.29, 0.717) is 5.69 Å². The van der Waals surface area contributed by atoms with Crippen LogP contribution in [0.4, 0.5) is 11.4 Å². The first-order valence-corrected chi connectivity index (χ1v) is 6.68. The second kappa shape index (κ2) is 6.19. The number of aryl methyl sites for hydroxylation is 1. The molecule has 0 amide bonds. The quantitative estimate of drug-likeness (QED) is 0.644. The van der Waals surface area contributed by atoms with Crippen molar-refractivity contribution >= 4 is 11.4 Å². The Labute approximate surface area is 118 Å². The van der Waals surface area contributed by atoms with Crippen molar-refractivity contribution in [2.45, 2.75) is 26.3 Å². The van der Waals surface area contributed by atoms with E-state index in [1.807, 2.05) is 43.3 Å². The van der Waals surface area contributed by atoms with Crippen molar-refractivity contribution in [3.8, 4) is 0 Å². The van der Waals surface area contributed by atoms with Crippen LogP contribution in [0.2, 0.25) is 0 Å². The third-order valence-electron chi connectivity index (χ3n) is 3.29. The van der Waals surface area contributed by atoms with Crippen LogP contribution in [-0.2, 0) is 0 Å². The minimum atomic E-state index is -0.348. The summed E-state index contributed by atoms with van der Waals surface area (Å²) < 4.78 is 0. The summed E-state index contributed by atoms with van der Waals surface area (Å²) in [6.07, 6.45) is 0.856. The second-order valence-corrected chi connectivity index (χ2v) is 4.79. The Bertz CT molecular complexity index is 597. The van der Waals surface area contributed by atoms with E-state index in [-0.39, 0.29) is 16.7 Å². The normalized spacial score (nSPS) is 11.9. The van der Waals surface area contributed by atoms with Gasteiger partial charge in [0, 0.05) is 6.07 Å². The van der Waals surface area contributed by atoms with E-state index < -0.39 is 0 Å². The average molecular weight is 270 g/mol. The van der Waals surface area contributed by atoms with Crippen LogP contribution in [0.5, 0.6) is 0 Å². The predicted octanol–water partition coefficient (Wildman–Crippen LogP) is 4.47. The van der Waals surface area contributed by atoms with Gasteiger partial charge in [0.15, 0.2) is 0 Å². The van der Waals surface area contributed by atoms with Gasteiger partial charge in [-0.1, -0.05) is 43.3 Å². The van der Waals surface area contributed by atoms with Crippen LogP contribution in [0.3, 0.4) is 0 Å². The fourth-order valence-electron chi connectivity index (χ4n) is 2.22. The lowest BCUT2D eigenvalue weighted by Gasteiger charge is -2.19. The van der Waals surface area contributed by atoms with Crippen molar-refractivity contribution < 1.29 is 4.92 Å². The lowest BCUT2D eigenvalue weighted by molar-refractivity contribution is -0.384. The fraction of sp³-hybridized carbons (Fsp3) is 0.250. The molecule has 0 saturated heterocycles. The first-order chi connectivity index (χ1) is 9.61. The predicted molar refractivity (Wildman–Crippen MR) is 80.9 cm³/mol. The largest absolute Gasteiger partial charge is 0.373 e. The van der Waals surface area contributed by atoms with E-state index in [1.54, 1.807) is 12.1 Å². The summed E-state index contributed by atoms with van der Waals surface area (Å²) in [5.41, 5.74) is 2.82. The van der Waals surface area contributed by atoms with Gasteiger partial charge < -0.3 is 5.32 Å². The van der Waals surface area contributed by atoms with Crippen molar-refractivity contribution in [2.75, 3.05) is 5.32 Å². The Balaban J connectivity index is 2.32. The lowest BCUT2D eigenvalue weighted by atomic mass is 10.0. The minimum Gasteiger partial charge on any atom is -0.373 e. The fourth-order valence-corrected chi connectivity index (χ4v) is 2.22. The molecule has 0 bridgehead atoms. The molecule has 0 aliphatic heterocycles. The molecule has 2 aromatic rings. The number of hydrogen-bond acceptors (Lipinski definition) is 3. The molecule has 20 heavy (non-hydrogen) atoms. The Morgan fingerprint density at radius 2 is 1.90 bits per heavy atom. The maximum absolute atomic E-state index is 11.1. The highest BCUT2D eigenvalue weighted by atomic mass is 16.6. The molecule has 0 fully saturated rings. The highest BCUT2D eigenvalue weighted by Crippen LogP contribution is 2.30. The van der Waals surface area contributed by atoms with Gasteiger partial charge in [-0.15, -0.1) is 0 Å². The summed E-state index contributed by atoms with van der Waals surface area (Å²) in [6.45, 7) is 3.99. The van der Waals surface area contributed by atoms with Crippen LogP contribution in [0.25, 0.3) is 0 Å². The third kappa shape index (κ3) is 3.15. The number of hydrogen-bond donors (Lipinski definition) is 1. The maximum atomic E-state index is 11.1. The molecular formula is C16H18N2O2. The van der Waals surface area contributed by atoms with Crippen molar-refractivity contribution in [1.82, 2.24) is 0 Å². The summed E-state index contributed by atoms with van der Waals surface area (Å²) in [5, 5.41) is 14.4. The summed E-state index contributed by atoms with van der Waals surface area (Å²) in [7, 11) is 0. The SMILES string of the molecule is CCC(Nc1cc(C)ccc1[N+](=O)[O-])c1ccccc1. The number of nitro groups is 1. The molecule has 0 saturated carbocycles. The minimum absolute atomic E-state index is 0.0664. The van der Waals surface area contributed by atoms with Gasteiger partial charge in [-0.05, 0) is 30.5 Å². The molecule has 2 rings (SSSR count). The summed E-state index contributed by atoms with van der Waals surface area (Å²) in [6, 6.07) is 15.2. The Morgan fingerprint density at radius 3 is 2.50 bits per heavy atom. The van der Waals surface area contributed by atoms with Crippen LogP contribution in [0.1, 0.15) is 30.5 Å². The number of nitrogens with one attached hydrogen (secondary N) is 1. The number of rotatable bonds is 5. The van der Waals surface area contributed by atoms with Crippen LogP contribution in [-0.4, -0.2) is 4.92 Å². The molecule has 0 aromatic heterocycles. The Hall–Kier alpha value is -2.36. The van der Waals surface area contributed by atoms with Gasteiger partial charge >= 0.3 is 0 Å². The highest BCUT2D eigenvalue weighted by Gasteiger charge is 2.17. The maximum Gasteiger partial charge on any atom is 0.292 e. The smallest absolute Gasteiger partial charge is 0.292 e. The van der Waals surface area contributed by atoms with Gasteiger partial charge in [0.05, 0.1) is 11.0 Å². The first kappa shape index (κ1) is 14.1. The molecule has 104 valence electrons. The molecule has 1 N–H and O–H groups in total. The van der Waals surface area contributed by atoms with E-state index >= 15 is 0 Å². The number of nitro benzene ring substituents is 1. The van der Waals surface area contributed by atoms with Gasteiger partial charge in [0.2, 0.25) is 0 Å². The molecule has 0 aliphatic carbocycles. The summed E-state index contributed by atoms with van der Waals surface area (Å²) in [5.74, 6) is 0. The molecule has 4 nitrogen and oxygen atoms in total. The first-order valence-electron chi connectivity index (χ1n) is 6.68. The number of nitrogens with zero attached hydrogens (tertiary/aromatic N) is 1. The lowest BCUT2D eigenvalue weighted by Crippen LogP contribution is -2.11. The standard InChI is InChI=1S/C16H18N2O2/c1-3-14(13-7-5-4-6-8-13)17-15-11-12(2)9-10-16(15)18(19)20/h4-11,14,17H,3H2,1-2H3. The third-order valence-corrected chi connectivity index (χ3v) is 3.29. The highest BCUT2D eigenvalue weighted by molar-refractivity contribution is 5.63. The molecule has 4 heteroatoms. The van der Waals surface area contributed by atoms with Gasteiger partial charge in [0.1, 0.15) is 5.69 Å². The molecule has 0 aliphatic rings. The number of anilines is 1. The van der Waals surface area contributed by atoms with Crippen LogP contribution in [0.15, 0.2) is 48.5 Å². The zero-order valence-electron chi connectivity index (χ0n) is 11.7. The molecule has 0 heterocycles. The average Bonchev–Trinajstić information content (AvgIpc) is 2.45. The van der Waals surface area contributed by atoms with E-state index in [4.69, 9.17) is 0 Å². The Morgan fingerprint density at radius 1 is 1.20 bits per heavy atom. The van der Waals surface area contributed by atoms with Gasteiger partial charge in [0.25, 0.3) is 5.69 Å². The van der Waals surface area contributed by atoms with Crippen molar-refractivity contribution in [2.24, 2.45) is 0 Å². The van der Waals surface area contributed by atoms with Crippen molar-refractivity contribution in [1.29, 1.82) is 0 Å². The summed E-state index contributed by atoms with van der Waals surface area (Å²) >= 11 is 0. The second-order valence-electron chi connectivity index (χ2n) is 4.79. The van der Waals surface area contributed by atoms with Crippen LogP contribution >= 0.6 is 0 Å². The monoisotopic (exact) mass is 270 g/mol. The zero-order valence-corrected chi connectivity index (χ0v) is 11.7. The van der Waals surface area contributed by atoms with Gasteiger partial charge in [-0.2, -0.15) is 0 Å². The summed E-state index contributed by atoms with van der Waals surface area (Å²) in [4.78, 5) is 10.8. The van der Waals surface area contributed by atoms with E-state index in [9.17, 15) is 10.1 Å². The number of benzene rings is 2. The molecule has 0 spiro atoms. The molecule has 0 radical (unpaired) electrons. The van der Waals surface area contributed by atoms with E-state index in [1.165, 1.54) is 0 Å². The molecule has 1 unspecified atom stereocenters. The van der Waals surface area contributed by atoms with Gasteiger partial charge in [-0.25, -0.2) is 0 Å². The van der Waals surface area contributed by atoms with Crippen molar-refractivity contribution in [3.05, 3.63) is 69.8 Å². The topological polar surface area (TPSA) is 55.2 Å². The Kier molecular flexibility index (Phi) is 4.35. The van der Waals surface area contributed by atoms with Crippen LogP contribution < -0.4 is 5.32 Å². The van der Waals surface area contributed by atoms with E-state index in [0.717, 1.165) is 17.5 Å².